The van der Waals surface area contributed by atoms with Gasteiger partial charge in [0.25, 0.3) is 0 Å². The zero-order valence-corrected chi connectivity index (χ0v) is 13.3. The molecule has 0 unspecified atom stereocenters. The minimum absolute atomic E-state index is 0.0731. The summed E-state index contributed by atoms with van der Waals surface area (Å²) in [6, 6.07) is 7.23. The van der Waals surface area contributed by atoms with Crippen LogP contribution >= 0.6 is 11.8 Å². The van der Waals surface area contributed by atoms with Gasteiger partial charge in [0.15, 0.2) is 5.78 Å². The van der Waals surface area contributed by atoms with Crippen molar-refractivity contribution in [2.24, 2.45) is 5.92 Å². The molecule has 0 heterocycles. The second kappa shape index (κ2) is 6.93. The Labute approximate surface area is 124 Å². The van der Waals surface area contributed by atoms with E-state index in [9.17, 15) is 9.59 Å². The van der Waals surface area contributed by atoms with Crippen molar-refractivity contribution in [3.63, 3.8) is 0 Å². The Hall–Kier alpha value is -1.29. The standard InChI is InChI=1S/C16H22O3S/c1-5-11(6-2)14(17)12-7-9-13(10-8-12)20-16(3,4)15(18)19/h7-11H,5-6H2,1-4H3,(H,18,19). The minimum atomic E-state index is -0.874. The average Bonchev–Trinajstić information content (AvgIpc) is 2.40. The second-order valence-electron chi connectivity index (χ2n) is 5.32. The van der Waals surface area contributed by atoms with E-state index in [-0.39, 0.29) is 11.7 Å². The minimum Gasteiger partial charge on any atom is -0.480 e. The van der Waals surface area contributed by atoms with Crippen LogP contribution in [0.5, 0.6) is 0 Å². The van der Waals surface area contributed by atoms with Crippen LogP contribution in [0.25, 0.3) is 0 Å². The van der Waals surface area contributed by atoms with Crippen molar-refractivity contribution in [2.75, 3.05) is 0 Å². The number of carbonyl (C=O) groups is 2. The lowest BCUT2D eigenvalue weighted by atomic mass is 9.93. The molecule has 1 rings (SSSR count). The van der Waals surface area contributed by atoms with Crippen LogP contribution < -0.4 is 0 Å². The summed E-state index contributed by atoms with van der Waals surface area (Å²) < 4.78 is -0.874. The molecule has 0 bridgehead atoms. The number of thioether (sulfide) groups is 1. The van der Waals surface area contributed by atoms with Crippen molar-refractivity contribution in [2.45, 2.75) is 50.2 Å². The number of ketones is 1. The van der Waals surface area contributed by atoms with Gasteiger partial charge in [0.1, 0.15) is 4.75 Å². The molecule has 0 aliphatic rings. The Morgan fingerprint density at radius 1 is 1.15 bits per heavy atom. The average molecular weight is 294 g/mol. The number of hydrogen-bond donors (Lipinski definition) is 1. The van der Waals surface area contributed by atoms with Crippen molar-refractivity contribution in [3.05, 3.63) is 29.8 Å². The first kappa shape index (κ1) is 16.8. The van der Waals surface area contributed by atoms with Crippen molar-refractivity contribution in [3.8, 4) is 0 Å². The molecule has 0 atom stereocenters. The highest BCUT2D eigenvalue weighted by Gasteiger charge is 2.28. The maximum Gasteiger partial charge on any atom is 0.319 e. The first-order chi connectivity index (χ1) is 9.31. The Morgan fingerprint density at radius 3 is 2.05 bits per heavy atom. The number of rotatable bonds is 7. The van der Waals surface area contributed by atoms with Crippen LogP contribution in [0.4, 0.5) is 0 Å². The van der Waals surface area contributed by atoms with E-state index in [1.165, 1.54) is 11.8 Å². The van der Waals surface area contributed by atoms with Crippen LogP contribution in [-0.2, 0) is 4.79 Å². The number of hydrogen-bond acceptors (Lipinski definition) is 3. The summed E-state index contributed by atoms with van der Waals surface area (Å²) in [4.78, 5) is 24.2. The topological polar surface area (TPSA) is 54.4 Å². The van der Waals surface area contributed by atoms with Crippen LogP contribution in [-0.4, -0.2) is 21.6 Å². The first-order valence-electron chi connectivity index (χ1n) is 6.88. The van der Waals surface area contributed by atoms with E-state index >= 15 is 0 Å². The third kappa shape index (κ3) is 4.10. The smallest absolute Gasteiger partial charge is 0.319 e. The SMILES string of the molecule is CCC(CC)C(=O)c1ccc(SC(C)(C)C(=O)O)cc1. The lowest BCUT2D eigenvalue weighted by Crippen LogP contribution is -2.26. The van der Waals surface area contributed by atoms with Crippen LogP contribution in [0.1, 0.15) is 50.9 Å². The van der Waals surface area contributed by atoms with E-state index in [1.807, 2.05) is 26.0 Å². The van der Waals surface area contributed by atoms with Gasteiger partial charge in [-0.1, -0.05) is 26.0 Å². The van der Waals surface area contributed by atoms with Gasteiger partial charge < -0.3 is 5.11 Å². The number of carboxylic acid groups (broad SMARTS) is 1. The molecule has 0 saturated heterocycles. The fraction of sp³-hybridized carbons (Fsp3) is 0.500. The van der Waals surface area contributed by atoms with Gasteiger partial charge in [-0.3, -0.25) is 9.59 Å². The van der Waals surface area contributed by atoms with E-state index in [0.29, 0.717) is 5.56 Å². The highest BCUT2D eigenvalue weighted by Crippen LogP contribution is 2.33. The molecule has 0 aliphatic carbocycles. The molecule has 3 nitrogen and oxygen atoms in total. The van der Waals surface area contributed by atoms with Crippen LogP contribution in [0.15, 0.2) is 29.2 Å². The van der Waals surface area contributed by atoms with E-state index in [4.69, 9.17) is 5.11 Å². The molecule has 0 aliphatic heterocycles. The zero-order valence-electron chi connectivity index (χ0n) is 12.5. The van der Waals surface area contributed by atoms with Gasteiger partial charge in [0.05, 0.1) is 0 Å². The molecular weight excluding hydrogens is 272 g/mol. The Balaban J connectivity index is 2.84. The largest absolute Gasteiger partial charge is 0.480 e. The lowest BCUT2D eigenvalue weighted by Gasteiger charge is -2.18. The predicted molar refractivity (Wildman–Crippen MR) is 82.4 cm³/mol. The number of carbonyl (C=O) groups excluding carboxylic acids is 1. The van der Waals surface area contributed by atoms with Gasteiger partial charge in [0, 0.05) is 16.4 Å². The molecule has 0 amide bonds. The number of carboxylic acids is 1. The van der Waals surface area contributed by atoms with Gasteiger partial charge in [-0.05, 0) is 38.8 Å². The third-order valence-electron chi connectivity index (χ3n) is 3.38. The van der Waals surface area contributed by atoms with Crippen LogP contribution in [0.3, 0.4) is 0 Å². The summed E-state index contributed by atoms with van der Waals surface area (Å²) in [5.41, 5.74) is 0.705. The second-order valence-corrected chi connectivity index (χ2v) is 7.02. The highest BCUT2D eigenvalue weighted by atomic mass is 32.2. The maximum absolute atomic E-state index is 12.2. The van der Waals surface area contributed by atoms with Crippen LogP contribution in [0, 0.1) is 5.92 Å². The van der Waals surface area contributed by atoms with Gasteiger partial charge in [-0.2, -0.15) is 0 Å². The monoisotopic (exact) mass is 294 g/mol. The molecule has 1 aromatic carbocycles. The molecule has 1 aromatic rings. The normalized spacial score (nSPS) is 11.7. The summed E-state index contributed by atoms with van der Waals surface area (Å²) in [6.07, 6.45) is 1.69. The molecule has 0 spiro atoms. The molecule has 0 aromatic heterocycles. The van der Waals surface area contributed by atoms with Crippen molar-refractivity contribution in [1.29, 1.82) is 0 Å². The number of aliphatic carboxylic acids is 1. The number of Topliss-reactive ketones (excluding diaryl/α,β-unsaturated/α-hetero) is 1. The van der Waals surface area contributed by atoms with Crippen LogP contribution in [0.2, 0.25) is 0 Å². The Kier molecular flexibility index (Phi) is 5.81. The molecule has 0 saturated carbocycles. The van der Waals surface area contributed by atoms with Crippen molar-refractivity contribution in [1.82, 2.24) is 0 Å². The van der Waals surface area contributed by atoms with Gasteiger partial charge >= 0.3 is 5.97 Å². The number of benzene rings is 1. The van der Waals surface area contributed by atoms with E-state index in [1.54, 1.807) is 26.0 Å². The Bertz CT molecular complexity index is 473. The van der Waals surface area contributed by atoms with Gasteiger partial charge in [-0.25, -0.2) is 0 Å². The summed E-state index contributed by atoms with van der Waals surface area (Å²) in [6.45, 7) is 7.38. The molecule has 0 radical (unpaired) electrons. The third-order valence-corrected chi connectivity index (χ3v) is 4.58. The van der Waals surface area contributed by atoms with Gasteiger partial charge in [-0.15, -0.1) is 11.8 Å². The molecule has 1 N–H and O–H groups in total. The molecular formula is C16H22O3S. The first-order valence-corrected chi connectivity index (χ1v) is 7.70. The van der Waals surface area contributed by atoms with E-state index in [0.717, 1.165) is 17.7 Å². The fourth-order valence-corrected chi connectivity index (χ4v) is 2.87. The van der Waals surface area contributed by atoms with Gasteiger partial charge in [0.2, 0.25) is 0 Å². The van der Waals surface area contributed by atoms with Crippen molar-refractivity contribution < 1.29 is 14.7 Å². The summed E-state index contributed by atoms with van der Waals surface area (Å²) >= 11 is 1.28. The summed E-state index contributed by atoms with van der Waals surface area (Å²) in [5.74, 6) is -0.604. The summed E-state index contributed by atoms with van der Waals surface area (Å²) in [7, 11) is 0. The molecule has 0 fully saturated rings. The maximum atomic E-state index is 12.2. The molecule has 110 valence electrons. The summed E-state index contributed by atoms with van der Waals surface area (Å²) in [5, 5.41) is 9.11. The Morgan fingerprint density at radius 2 is 1.65 bits per heavy atom. The van der Waals surface area contributed by atoms with Crippen molar-refractivity contribution >= 4 is 23.5 Å². The molecule has 20 heavy (non-hydrogen) atoms. The van der Waals surface area contributed by atoms with E-state index in [2.05, 4.69) is 0 Å². The molecule has 4 heteroatoms. The lowest BCUT2D eigenvalue weighted by molar-refractivity contribution is -0.138. The predicted octanol–water partition coefficient (Wildman–Crippen LogP) is 4.26. The zero-order chi connectivity index (χ0) is 15.3. The highest BCUT2D eigenvalue weighted by molar-refractivity contribution is 8.01. The quantitative estimate of drug-likeness (QED) is 0.603. The fourth-order valence-electron chi connectivity index (χ4n) is 1.92. The van der Waals surface area contributed by atoms with E-state index < -0.39 is 10.7 Å².